The maximum Gasteiger partial charge on any atom is 0.146 e. The van der Waals surface area contributed by atoms with E-state index in [2.05, 4.69) is 138 Å². The number of fused-ring (bicyclic) bond motifs is 9. The van der Waals surface area contributed by atoms with Gasteiger partial charge in [0.15, 0.2) is 0 Å². The molecule has 2 atom stereocenters. The quantitative estimate of drug-likeness (QED) is 0.134. The maximum atomic E-state index is 5.13. The molecule has 1 aliphatic carbocycles. The molecule has 3 heteroatoms. The second-order valence-electron chi connectivity index (χ2n) is 10.0. The second kappa shape index (κ2) is 8.65. The van der Waals surface area contributed by atoms with Crippen LogP contribution in [0.3, 0.4) is 0 Å². The molecule has 0 bridgehead atoms. The van der Waals surface area contributed by atoms with Crippen LogP contribution in [-0.4, -0.2) is 15.0 Å². The summed E-state index contributed by atoms with van der Waals surface area (Å²) >= 11 is 0. The van der Waals surface area contributed by atoms with Crippen molar-refractivity contribution < 1.29 is 0 Å². The summed E-state index contributed by atoms with van der Waals surface area (Å²) in [4.78, 5) is 5.13. The molecule has 1 aliphatic rings. The molecule has 180 valence electrons. The Labute approximate surface area is 222 Å². The van der Waals surface area contributed by atoms with E-state index in [4.69, 9.17) is 4.98 Å². The van der Waals surface area contributed by atoms with Gasteiger partial charge in [0.05, 0.1) is 16.6 Å². The average molecular weight is 505 g/mol. The molecular formula is C35H25N2P. The number of nitrogens with zero attached hydrogens (tertiary/aromatic N) is 2. The van der Waals surface area contributed by atoms with Crippen molar-refractivity contribution in [1.82, 2.24) is 9.38 Å². The number of hydrogen-bond acceptors (Lipinski definition) is 1. The molecule has 0 spiro atoms. The molecule has 2 nitrogen and oxygen atoms in total. The summed E-state index contributed by atoms with van der Waals surface area (Å²) in [6.45, 7) is 0. The van der Waals surface area contributed by atoms with Gasteiger partial charge < -0.3 is 0 Å². The van der Waals surface area contributed by atoms with Crippen LogP contribution in [0.1, 0.15) is 6.42 Å². The number of imidazole rings is 1. The molecule has 2 heterocycles. The third-order valence-electron chi connectivity index (χ3n) is 7.80. The lowest BCUT2D eigenvalue weighted by Crippen LogP contribution is -2.20. The van der Waals surface area contributed by atoms with Gasteiger partial charge in [-0.1, -0.05) is 97.1 Å². The van der Waals surface area contributed by atoms with E-state index in [0.29, 0.717) is 5.66 Å². The summed E-state index contributed by atoms with van der Waals surface area (Å²) in [7, 11) is -0.524. The highest BCUT2D eigenvalue weighted by molar-refractivity contribution is 7.73. The van der Waals surface area contributed by atoms with Crippen molar-refractivity contribution in [3.63, 3.8) is 0 Å². The number of para-hydroxylation sites is 3. The van der Waals surface area contributed by atoms with Gasteiger partial charge in [-0.25, -0.2) is 4.98 Å². The number of pyridine rings is 1. The lowest BCUT2D eigenvalue weighted by Gasteiger charge is -2.27. The topological polar surface area (TPSA) is 17.3 Å². The first-order valence-electron chi connectivity index (χ1n) is 13.2. The van der Waals surface area contributed by atoms with Crippen LogP contribution < -0.4 is 10.6 Å². The van der Waals surface area contributed by atoms with Gasteiger partial charge >= 0.3 is 0 Å². The number of allylic oxidation sites excluding steroid dienone is 4. The van der Waals surface area contributed by atoms with E-state index >= 15 is 0 Å². The van der Waals surface area contributed by atoms with Crippen molar-refractivity contribution >= 4 is 67.7 Å². The molecule has 2 aromatic heterocycles. The largest absolute Gasteiger partial charge is 0.292 e. The monoisotopic (exact) mass is 504 g/mol. The number of aromatic nitrogens is 2. The molecule has 0 amide bonds. The van der Waals surface area contributed by atoms with Gasteiger partial charge in [0.25, 0.3) is 0 Å². The lowest BCUT2D eigenvalue weighted by molar-refractivity contribution is 1.05. The molecule has 8 rings (SSSR count). The molecule has 5 aromatic carbocycles. The molecule has 0 saturated heterocycles. The SMILES string of the molecule is C1=CCC(P(c2ccccc2)c2ccc3cc4c5ccccc5n5c6ccccc6nc5c4cc3c2)C=C1. The summed E-state index contributed by atoms with van der Waals surface area (Å²) in [5.74, 6) is 0. The first kappa shape index (κ1) is 21.8. The number of rotatable bonds is 3. The van der Waals surface area contributed by atoms with Crippen molar-refractivity contribution in [2.24, 2.45) is 0 Å². The van der Waals surface area contributed by atoms with Gasteiger partial charge in [-0.15, -0.1) is 0 Å². The van der Waals surface area contributed by atoms with Crippen LogP contribution >= 0.6 is 7.92 Å². The molecule has 38 heavy (non-hydrogen) atoms. The fourth-order valence-electron chi connectivity index (χ4n) is 6.07. The van der Waals surface area contributed by atoms with E-state index in [1.807, 2.05) is 0 Å². The van der Waals surface area contributed by atoms with E-state index in [9.17, 15) is 0 Å². The van der Waals surface area contributed by atoms with Crippen LogP contribution in [-0.2, 0) is 0 Å². The van der Waals surface area contributed by atoms with Gasteiger partial charge in [0, 0.05) is 16.4 Å². The number of benzene rings is 5. The molecule has 7 aromatic rings. The smallest absolute Gasteiger partial charge is 0.146 e. The molecule has 0 aliphatic heterocycles. The van der Waals surface area contributed by atoms with Crippen LogP contribution in [0.15, 0.2) is 133 Å². The van der Waals surface area contributed by atoms with Crippen molar-refractivity contribution in [2.75, 3.05) is 0 Å². The minimum absolute atomic E-state index is 0.503. The van der Waals surface area contributed by atoms with E-state index in [0.717, 1.165) is 23.1 Å². The Morgan fingerprint density at radius 3 is 2.29 bits per heavy atom. The zero-order valence-corrected chi connectivity index (χ0v) is 21.7. The third-order valence-corrected chi connectivity index (χ3v) is 10.5. The minimum Gasteiger partial charge on any atom is -0.292 e. The average Bonchev–Trinajstić information content (AvgIpc) is 3.38. The predicted octanol–water partition coefficient (Wildman–Crippen LogP) is 8.26. The summed E-state index contributed by atoms with van der Waals surface area (Å²) in [5.41, 5.74) is 4.91. The Bertz CT molecular complexity index is 2070. The van der Waals surface area contributed by atoms with Gasteiger partial charge in [0.1, 0.15) is 5.65 Å². The van der Waals surface area contributed by atoms with Crippen molar-refractivity contribution in [3.8, 4) is 0 Å². The summed E-state index contributed by atoms with van der Waals surface area (Å²) in [6.07, 6.45) is 10.2. The lowest BCUT2D eigenvalue weighted by atomic mass is 10.0. The molecule has 0 fully saturated rings. The highest BCUT2D eigenvalue weighted by Crippen LogP contribution is 2.44. The Hall–Kier alpha value is -4.26. The van der Waals surface area contributed by atoms with Crippen LogP contribution in [0.4, 0.5) is 0 Å². The Balaban J connectivity index is 1.41. The van der Waals surface area contributed by atoms with Crippen LogP contribution in [0, 0.1) is 0 Å². The van der Waals surface area contributed by atoms with E-state index < -0.39 is 7.92 Å². The fourth-order valence-corrected chi connectivity index (χ4v) is 8.74. The first-order valence-corrected chi connectivity index (χ1v) is 14.6. The maximum absolute atomic E-state index is 5.13. The van der Waals surface area contributed by atoms with Gasteiger partial charge in [-0.2, -0.15) is 0 Å². The zero-order chi connectivity index (χ0) is 25.1. The van der Waals surface area contributed by atoms with E-state index in [1.165, 1.54) is 43.1 Å². The molecule has 0 N–H and O–H groups in total. The van der Waals surface area contributed by atoms with Crippen LogP contribution in [0.5, 0.6) is 0 Å². The van der Waals surface area contributed by atoms with E-state index in [1.54, 1.807) is 0 Å². The van der Waals surface area contributed by atoms with Crippen molar-refractivity contribution in [2.45, 2.75) is 12.1 Å². The van der Waals surface area contributed by atoms with Crippen LogP contribution in [0.2, 0.25) is 0 Å². The van der Waals surface area contributed by atoms with Gasteiger partial charge in [0.2, 0.25) is 0 Å². The predicted molar refractivity (Wildman–Crippen MR) is 165 cm³/mol. The summed E-state index contributed by atoms with van der Waals surface area (Å²) in [6, 6.07) is 40.1. The second-order valence-corrected chi connectivity index (χ2v) is 12.5. The molecule has 0 radical (unpaired) electrons. The van der Waals surface area contributed by atoms with Gasteiger partial charge in [-0.05, 0) is 77.5 Å². The fraction of sp³-hybridized carbons (Fsp3) is 0.0571. The van der Waals surface area contributed by atoms with E-state index in [-0.39, 0.29) is 0 Å². The summed E-state index contributed by atoms with van der Waals surface area (Å²) < 4.78 is 2.33. The highest BCUT2D eigenvalue weighted by Gasteiger charge is 2.23. The van der Waals surface area contributed by atoms with Crippen LogP contribution in [0.25, 0.3) is 49.1 Å². The van der Waals surface area contributed by atoms with Gasteiger partial charge in [-0.3, -0.25) is 4.40 Å². The highest BCUT2D eigenvalue weighted by atomic mass is 31.1. The molecule has 2 unspecified atom stereocenters. The number of hydrogen-bond donors (Lipinski definition) is 0. The van der Waals surface area contributed by atoms with Crippen molar-refractivity contribution in [1.29, 1.82) is 0 Å². The summed E-state index contributed by atoms with van der Waals surface area (Å²) in [5, 5.41) is 9.12. The Morgan fingerprint density at radius 1 is 0.632 bits per heavy atom. The normalized spacial score (nSPS) is 16.3. The molecule has 0 saturated carbocycles. The minimum atomic E-state index is -0.524. The Morgan fingerprint density at radius 2 is 1.42 bits per heavy atom. The first-order chi connectivity index (χ1) is 18.8. The van der Waals surface area contributed by atoms with Crippen molar-refractivity contribution in [3.05, 3.63) is 133 Å². The Kier molecular flexibility index (Phi) is 4.96. The zero-order valence-electron chi connectivity index (χ0n) is 20.8. The standard InChI is InChI=1S/C35H25N2P/c1-3-11-26(12-4-1)38(27-13-5-2-6-14-27)28-20-19-24-22-30-29-15-7-9-17-33(29)37-34-18-10-8-16-32(34)36-35(37)31(30)23-25(24)21-28/h1-13,15-23,27H,14H2. The molecular weight excluding hydrogens is 479 g/mol. The third kappa shape index (κ3) is 3.34.